The van der Waals surface area contributed by atoms with Crippen molar-refractivity contribution in [1.29, 1.82) is 0 Å². The van der Waals surface area contributed by atoms with E-state index in [4.69, 9.17) is 4.74 Å². The van der Waals surface area contributed by atoms with Crippen molar-refractivity contribution in [2.24, 2.45) is 0 Å². The highest BCUT2D eigenvalue weighted by Crippen LogP contribution is 2.12. The van der Waals surface area contributed by atoms with Crippen LogP contribution in [-0.4, -0.2) is 55.3 Å². The van der Waals surface area contributed by atoms with E-state index in [9.17, 15) is 4.79 Å². The predicted molar refractivity (Wildman–Crippen MR) is 99.0 cm³/mol. The lowest BCUT2D eigenvalue weighted by atomic mass is 10.1. The van der Waals surface area contributed by atoms with Gasteiger partial charge in [0.1, 0.15) is 11.6 Å². The summed E-state index contributed by atoms with van der Waals surface area (Å²) in [5.41, 5.74) is 0.908. The molecule has 0 spiro atoms. The summed E-state index contributed by atoms with van der Waals surface area (Å²) in [4.78, 5) is 14.2. The SMILES string of the molecule is COc1ccc(CC(=O)Nc2ccc(NCCCN(C)C)nn2)cc1. The fraction of sp³-hybridized carbons (Fsp3) is 0.389. The molecule has 2 rings (SSSR count). The average Bonchev–Trinajstić information content (AvgIpc) is 2.60. The first-order chi connectivity index (χ1) is 12.1. The molecule has 7 nitrogen and oxygen atoms in total. The number of ether oxygens (including phenoxy) is 1. The summed E-state index contributed by atoms with van der Waals surface area (Å²) < 4.78 is 5.10. The van der Waals surface area contributed by atoms with Gasteiger partial charge in [-0.1, -0.05) is 12.1 Å². The summed E-state index contributed by atoms with van der Waals surface area (Å²) in [5, 5.41) is 14.1. The Hall–Kier alpha value is -2.67. The van der Waals surface area contributed by atoms with Gasteiger partial charge in [0.05, 0.1) is 13.5 Å². The largest absolute Gasteiger partial charge is 0.497 e. The van der Waals surface area contributed by atoms with Crippen molar-refractivity contribution in [3.63, 3.8) is 0 Å². The molecule has 0 bridgehead atoms. The number of hydrogen-bond acceptors (Lipinski definition) is 6. The molecule has 0 fully saturated rings. The summed E-state index contributed by atoms with van der Waals surface area (Å²) in [6.07, 6.45) is 1.30. The number of carbonyl (C=O) groups excluding carboxylic acids is 1. The van der Waals surface area contributed by atoms with Gasteiger partial charge in [-0.15, -0.1) is 10.2 Å². The Morgan fingerprint density at radius 3 is 2.36 bits per heavy atom. The van der Waals surface area contributed by atoms with Crippen molar-refractivity contribution >= 4 is 17.5 Å². The van der Waals surface area contributed by atoms with Gasteiger partial charge in [0.15, 0.2) is 5.82 Å². The van der Waals surface area contributed by atoms with E-state index >= 15 is 0 Å². The fourth-order valence-corrected chi connectivity index (χ4v) is 2.22. The minimum atomic E-state index is -0.133. The number of methoxy groups -OCH3 is 1. The zero-order chi connectivity index (χ0) is 18.1. The Kier molecular flexibility index (Phi) is 7.16. The van der Waals surface area contributed by atoms with Gasteiger partial charge < -0.3 is 20.3 Å². The second-order valence-electron chi connectivity index (χ2n) is 5.96. The normalized spacial score (nSPS) is 10.6. The van der Waals surface area contributed by atoms with E-state index in [0.717, 1.165) is 30.8 Å². The van der Waals surface area contributed by atoms with Crippen LogP contribution in [0.4, 0.5) is 11.6 Å². The molecule has 0 saturated heterocycles. The first-order valence-corrected chi connectivity index (χ1v) is 8.22. The number of aromatic nitrogens is 2. The van der Waals surface area contributed by atoms with Crippen molar-refractivity contribution in [2.75, 3.05) is 44.9 Å². The van der Waals surface area contributed by atoms with E-state index in [1.54, 1.807) is 13.2 Å². The van der Waals surface area contributed by atoms with E-state index in [1.807, 2.05) is 44.4 Å². The van der Waals surface area contributed by atoms with Gasteiger partial charge in [-0.25, -0.2) is 0 Å². The maximum Gasteiger partial charge on any atom is 0.229 e. The van der Waals surface area contributed by atoms with Crippen LogP contribution < -0.4 is 15.4 Å². The molecular weight excluding hydrogens is 318 g/mol. The van der Waals surface area contributed by atoms with Crippen LogP contribution in [0.15, 0.2) is 36.4 Å². The van der Waals surface area contributed by atoms with Crippen LogP contribution in [0, 0.1) is 0 Å². The lowest BCUT2D eigenvalue weighted by molar-refractivity contribution is -0.115. The molecule has 7 heteroatoms. The highest BCUT2D eigenvalue weighted by molar-refractivity contribution is 5.91. The summed E-state index contributed by atoms with van der Waals surface area (Å²) in [6.45, 7) is 1.84. The Morgan fingerprint density at radius 1 is 1.08 bits per heavy atom. The van der Waals surface area contributed by atoms with Crippen molar-refractivity contribution in [1.82, 2.24) is 15.1 Å². The van der Waals surface area contributed by atoms with Crippen LogP contribution in [0.25, 0.3) is 0 Å². The zero-order valence-electron chi connectivity index (χ0n) is 15.0. The first-order valence-electron chi connectivity index (χ1n) is 8.22. The molecule has 1 amide bonds. The smallest absolute Gasteiger partial charge is 0.229 e. The minimum Gasteiger partial charge on any atom is -0.497 e. The van der Waals surface area contributed by atoms with Crippen molar-refractivity contribution < 1.29 is 9.53 Å². The molecule has 1 aromatic heterocycles. The second-order valence-corrected chi connectivity index (χ2v) is 5.96. The molecule has 0 saturated carbocycles. The molecule has 134 valence electrons. The Labute approximate surface area is 148 Å². The topological polar surface area (TPSA) is 79.4 Å². The third kappa shape index (κ3) is 6.76. The molecule has 1 heterocycles. The van der Waals surface area contributed by atoms with Crippen molar-refractivity contribution in [3.8, 4) is 5.75 Å². The molecule has 2 N–H and O–H groups in total. The monoisotopic (exact) mass is 343 g/mol. The number of benzene rings is 1. The van der Waals surface area contributed by atoms with Crippen LogP contribution in [0.5, 0.6) is 5.75 Å². The molecule has 2 aromatic rings. The Bertz CT molecular complexity index is 656. The lowest BCUT2D eigenvalue weighted by Crippen LogP contribution is -2.17. The number of nitrogens with zero attached hydrogens (tertiary/aromatic N) is 3. The second kappa shape index (κ2) is 9.58. The van der Waals surface area contributed by atoms with Gasteiger partial charge >= 0.3 is 0 Å². The first kappa shape index (κ1) is 18.7. The molecule has 0 aliphatic carbocycles. The van der Waals surface area contributed by atoms with Crippen LogP contribution in [0.1, 0.15) is 12.0 Å². The number of carbonyl (C=O) groups is 1. The average molecular weight is 343 g/mol. The standard InChI is InChI=1S/C18H25N5O2/c1-23(2)12-4-11-19-16-9-10-17(22-21-16)20-18(24)13-14-5-7-15(25-3)8-6-14/h5-10H,4,11-13H2,1-3H3,(H,19,21)(H,20,22,24). The van der Waals surface area contributed by atoms with E-state index in [1.165, 1.54) is 0 Å². The number of nitrogens with one attached hydrogen (secondary N) is 2. The van der Waals surface area contributed by atoms with Gasteiger partial charge in [0.25, 0.3) is 0 Å². The molecule has 25 heavy (non-hydrogen) atoms. The van der Waals surface area contributed by atoms with Gasteiger partial charge in [-0.2, -0.15) is 0 Å². The van der Waals surface area contributed by atoms with Crippen molar-refractivity contribution in [2.45, 2.75) is 12.8 Å². The van der Waals surface area contributed by atoms with Crippen LogP contribution in [-0.2, 0) is 11.2 Å². The Balaban J connectivity index is 1.78. The fourth-order valence-electron chi connectivity index (χ4n) is 2.22. The zero-order valence-corrected chi connectivity index (χ0v) is 15.0. The highest BCUT2D eigenvalue weighted by Gasteiger charge is 2.06. The van der Waals surface area contributed by atoms with E-state index in [-0.39, 0.29) is 12.3 Å². The molecule has 0 radical (unpaired) electrons. The number of amides is 1. The molecule has 1 aromatic carbocycles. The highest BCUT2D eigenvalue weighted by atomic mass is 16.5. The Morgan fingerprint density at radius 2 is 1.76 bits per heavy atom. The maximum atomic E-state index is 12.1. The van der Waals surface area contributed by atoms with Crippen LogP contribution in [0.2, 0.25) is 0 Å². The maximum absolute atomic E-state index is 12.1. The molecule has 0 aliphatic heterocycles. The van der Waals surface area contributed by atoms with E-state index in [0.29, 0.717) is 11.6 Å². The third-order valence-electron chi connectivity index (χ3n) is 3.54. The molecular formula is C18H25N5O2. The van der Waals surface area contributed by atoms with E-state index in [2.05, 4.69) is 25.7 Å². The number of hydrogen-bond donors (Lipinski definition) is 2. The van der Waals surface area contributed by atoms with E-state index < -0.39 is 0 Å². The molecule has 0 aliphatic rings. The third-order valence-corrected chi connectivity index (χ3v) is 3.54. The lowest BCUT2D eigenvalue weighted by Gasteiger charge is -2.10. The summed E-state index contributed by atoms with van der Waals surface area (Å²) in [7, 11) is 5.70. The van der Waals surface area contributed by atoms with Crippen molar-refractivity contribution in [3.05, 3.63) is 42.0 Å². The number of rotatable bonds is 9. The summed E-state index contributed by atoms with van der Waals surface area (Å²) in [5.74, 6) is 1.78. The quantitative estimate of drug-likeness (QED) is 0.678. The minimum absolute atomic E-state index is 0.133. The van der Waals surface area contributed by atoms with Gasteiger partial charge in [0.2, 0.25) is 5.91 Å². The number of anilines is 2. The van der Waals surface area contributed by atoms with Crippen LogP contribution >= 0.6 is 0 Å². The molecule has 0 unspecified atom stereocenters. The summed E-state index contributed by atoms with van der Waals surface area (Å²) >= 11 is 0. The van der Waals surface area contributed by atoms with Gasteiger partial charge in [0, 0.05) is 6.54 Å². The predicted octanol–water partition coefficient (Wildman–Crippen LogP) is 2.03. The van der Waals surface area contributed by atoms with Gasteiger partial charge in [-0.3, -0.25) is 4.79 Å². The van der Waals surface area contributed by atoms with Gasteiger partial charge in [-0.05, 0) is 56.9 Å². The van der Waals surface area contributed by atoms with Crippen LogP contribution in [0.3, 0.4) is 0 Å². The summed E-state index contributed by atoms with van der Waals surface area (Å²) in [6, 6.07) is 11.0. The molecule has 0 atom stereocenters.